The van der Waals surface area contributed by atoms with Crippen molar-refractivity contribution in [3.63, 3.8) is 0 Å². The summed E-state index contributed by atoms with van der Waals surface area (Å²) in [4.78, 5) is 21.1. The van der Waals surface area contributed by atoms with Crippen LogP contribution in [0.25, 0.3) is 0 Å². The van der Waals surface area contributed by atoms with E-state index in [0.29, 0.717) is 6.04 Å². The smallest absolute Gasteiger partial charge is 0.258 e. The van der Waals surface area contributed by atoms with Gasteiger partial charge < -0.3 is 20.3 Å². The molecule has 1 amide bonds. The molecule has 2 N–H and O–H groups in total. The molecule has 34 heavy (non-hydrogen) atoms. The van der Waals surface area contributed by atoms with Crippen molar-refractivity contribution in [3.05, 3.63) is 65.7 Å². The van der Waals surface area contributed by atoms with Crippen molar-refractivity contribution in [2.24, 2.45) is 4.99 Å². The molecule has 0 bridgehead atoms. The molecule has 1 heterocycles. The van der Waals surface area contributed by atoms with Crippen LogP contribution in [-0.4, -0.2) is 74.1 Å². The first-order valence-electron chi connectivity index (χ1n) is 11.9. The number of halogens is 1. The molecule has 2 aromatic rings. The summed E-state index contributed by atoms with van der Waals surface area (Å²) in [7, 11) is 1.85. The van der Waals surface area contributed by atoms with Gasteiger partial charge in [0.05, 0.1) is 0 Å². The fraction of sp³-hybridized carbons (Fsp3) is 0.462. The number of ether oxygens (including phenoxy) is 1. The monoisotopic (exact) mass is 577 g/mol. The Hall–Kier alpha value is -2.33. The van der Waals surface area contributed by atoms with Gasteiger partial charge in [0, 0.05) is 52.4 Å². The van der Waals surface area contributed by atoms with Crippen molar-refractivity contribution < 1.29 is 9.53 Å². The van der Waals surface area contributed by atoms with Crippen molar-refractivity contribution >= 4 is 35.8 Å². The zero-order valence-electron chi connectivity index (χ0n) is 19.9. The van der Waals surface area contributed by atoms with E-state index < -0.39 is 0 Å². The standard InChI is InChI=1S/C26H35N5O2.HI/c1-27-26(31-17-15-30(16-18-31)19-22-5-3-2-4-6-22)28-14-13-21-7-11-24(12-8-21)33-20-25(32)29-23-9-10-23;/h2-8,11-12,23H,9-10,13-20H2,1H3,(H,27,28)(H,29,32);1H. The lowest BCUT2D eigenvalue weighted by molar-refractivity contribution is -0.123. The Morgan fingerprint density at radius 2 is 1.71 bits per heavy atom. The van der Waals surface area contributed by atoms with E-state index in [2.05, 4.69) is 67.9 Å². The number of hydrogen-bond acceptors (Lipinski definition) is 4. The van der Waals surface area contributed by atoms with Crippen LogP contribution < -0.4 is 15.4 Å². The van der Waals surface area contributed by atoms with E-state index >= 15 is 0 Å². The molecule has 1 saturated carbocycles. The molecule has 7 nitrogen and oxygen atoms in total. The van der Waals surface area contributed by atoms with E-state index in [1.54, 1.807) is 0 Å². The van der Waals surface area contributed by atoms with Gasteiger partial charge >= 0.3 is 0 Å². The van der Waals surface area contributed by atoms with Gasteiger partial charge in [-0.1, -0.05) is 42.5 Å². The molecule has 184 valence electrons. The first-order chi connectivity index (χ1) is 16.2. The van der Waals surface area contributed by atoms with Crippen LogP contribution in [-0.2, 0) is 17.8 Å². The van der Waals surface area contributed by atoms with Gasteiger partial charge in [0.15, 0.2) is 12.6 Å². The van der Waals surface area contributed by atoms with Gasteiger partial charge in [-0.05, 0) is 42.5 Å². The van der Waals surface area contributed by atoms with Gasteiger partial charge in [0.2, 0.25) is 0 Å². The van der Waals surface area contributed by atoms with Crippen molar-refractivity contribution in [2.75, 3.05) is 46.4 Å². The number of guanidine groups is 1. The van der Waals surface area contributed by atoms with E-state index in [1.807, 2.05) is 19.2 Å². The van der Waals surface area contributed by atoms with Gasteiger partial charge in [-0.15, -0.1) is 24.0 Å². The van der Waals surface area contributed by atoms with Gasteiger partial charge in [-0.3, -0.25) is 14.7 Å². The summed E-state index contributed by atoms with van der Waals surface area (Å²) in [5.41, 5.74) is 2.59. The molecule has 2 aromatic carbocycles. The minimum Gasteiger partial charge on any atom is -0.484 e. The van der Waals surface area contributed by atoms with Crippen LogP contribution >= 0.6 is 24.0 Å². The van der Waals surface area contributed by atoms with Crippen LogP contribution in [0.1, 0.15) is 24.0 Å². The average molecular weight is 578 g/mol. The van der Waals surface area contributed by atoms with Crippen LogP contribution in [0.3, 0.4) is 0 Å². The summed E-state index contributed by atoms with van der Waals surface area (Å²) in [6, 6.07) is 19.0. The maximum absolute atomic E-state index is 11.7. The number of amides is 1. The predicted molar refractivity (Wildman–Crippen MR) is 147 cm³/mol. The number of nitrogens with one attached hydrogen (secondary N) is 2. The Labute approximate surface area is 220 Å². The molecule has 2 fully saturated rings. The molecule has 4 rings (SSSR count). The van der Waals surface area contributed by atoms with E-state index in [4.69, 9.17) is 4.74 Å². The summed E-state index contributed by atoms with van der Waals surface area (Å²) in [5, 5.41) is 6.43. The summed E-state index contributed by atoms with van der Waals surface area (Å²) >= 11 is 0. The highest BCUT2D eigenvalue weighted by Crippen LogP contribution is 2.18. The van der Waals surface area contributed by atoms with E-state index in [9.17, 15) is 4.79 Å². The molecule has 0 unspecified atom stereocenters. The summed E-state index contributed by atoms with van der Waals surface area (Å²) in [5.74, 6) is 1.65. The molecular formula is C26H36IN5O2. The number of nitrogens with zero attached hydrogens (tertiary/aromatic N) is 3. The molecule has 1 aliphatic carbocycles. The van der Waals surface area contributed by atoms with E-state index in [-0.39, 0.29) is 36.5 Å². The Kier molecular flexibility index (Phi) is 10.5. The molecule has 1 saturated heterocycles. The second-order valence-corrected chi connectivity index (χ2v) is 8.75. The quantitative estimate of drug-likeness (QED) is 0.273. The highest BCUT2D eigenvalue weighted by molar-refractivity contribution is 14.0. The largest absolute Gasteiger partial charge is 0.484 e. The Bertz CT molecular complexity index is 911. The number of benzene rings is 2. The fourth-order valence-electron chi connectivity index (χ4n) is 4.01. The van der Waals surface area contributed by atoms with E-state index in [0.717, 1.165) is 70.2 Å². The predicted octanol–water partition coefficient (Wildman–Crippen LogP) is 2.90. The first-order valence-corrected chi connectivity index (χ1v) is 11.9. The van der Waals surface area contributed by atoms with Gasteiger partial charge in [-0.2, -0.15) is 0 Å². The second-order valence-electron chi connectivity index (χ2n) is 8.75. The zero-order valence-corrected chi connectivity index (χ0v) is 22.2. The number of piperazine rings is 1. The molecule has 0 atom stereocenters. The molecule has 0 radical (unpaired) electrons. The summed E-state index contributed by atoms with van der Waals surface area (Å²) in [6.07, 6.45) is 3.07. The number of aliphatic imine (C=N–C) groups is 1. The van der Waals surface area contributed by atoms with Crippen molar-refractivity contribution in [2.45, 2.75) is 31.8 Å². The maximum Gasteiger partial charge on any atom is 0.258 e. The normalized spacial score (nSPS) is 16.5. The van der Waals surface area contributed by atoms with Crippen LogP contribution in [0.2, 0.25) is 0 Å². The molecule has 0 aromatic heterocycles. The van der Waals surface area contributed by atoms with Gasteiger partial charge in [0.25, 0.3) is 5.91 Å². The van der Waals surface area contributed by atoms with Gasteiger partial charge in [-0.25, -0.2) is 0 Å². The fourth-order valence-corrected chi connectivity index (χ4v) is 4.01. The third-order valence-corrected chi connectivity index (χ3v) is 6.07. The molecule has 8 heteroatoms. The van der Waals surface area contributed by atoms with Crippen LogP contribution in [0.15, 0.2) is 59.6 Å². The second kappa shape index (κ2) is 13.5. The lowest BCUT2D eigenvalue weighted by atomic mass is 10.1. The molecular weight excluding hydrogens is 541 g/mol. The highest BCUT2D eigenvalue weighted by atomic mass is 127. The third-order valence-electron chi connectivity index (χ3n) is 6.07. The molecule has 0 spiro atoms. The van der Waals surface area contributed by atoms with Crippen molar-refractivity contribution in [1.82, 2.24) is 20.4 Å². The molecule has 1 aliphatic heterocycles. The first kappa shape index (κ1) is 26.3. The average Bonchev–Trinajstić information content (AvgIpc) is 3.67. The Morgan fingerprint density at radius 3 is 2.35 bits per heavy atom. The maximum atomic E-state index is 11.7. The van der Waals surface area contributed by atoms with Crippen molar-refractivity contribution in [3.8, 4) is 5.75 Å². The number of carbonyl (C=O) groups excluding carboxylic acids is 1. The Morgan fingerprint density at radius 1 is 1.00 bits per heavy atom. The number of hydrogen-bond donors (Lipinski definition) is 2. The SMILES string of the molecule is CN=C(NCCc1ccc(OCC(=O)NC2CC2)cc1)N1CCN(Cc2ccccc2)CC1.I. The van der Waals surface area contributed by atoms with Gasteiger partial charge in [0.1, 0.15) is 5.75 Å². The van der Waals surface area contributed by atoms with Crippen LogP contribution in [0, 0.1) is 0 Å². The lowest BCUT2D eigenvalue weighted by Crippen LogP contribution is -2.52. The lowest BCUT2D eigenvalue weighted by Gasteiger charge is -2.36. The summed E-state index contributed by atoms with van der Waals surface area (Å²) in [6.45, 7) is 5.93. The Balaban J connectivity index is 0.00000324. The number of rotatable bonds is 9. The van der Waals surface area contributed by atoms with Crippen LogP contribution in [0.4, 0.5) is 0 Å². The minimum absolute atomic E-state index is 0. The molecule has 2 aliphatic rings. The van der Waals surface area contributed by atoms with Crippen molar-refractivity contribution in [1.29, 1.82) is 0 Å². The summed E-state index contributed by atoms with van der Waals surface area (Å²) < 4.78 is 5.58. The zero-order chi connectivity index (χ0) is 22.9. The minimum atomic E-state index is -0.0435. The van der Waals surface area contributed by atoms with Crippen LogP contribution in [0.5, 0.6) is 5.75 Å². The van der Waals surface area contributed by atoms with E-state index in [1.165, 1.54) is 11.1 Å². The number of carbonyl (C=O) groups is 1. The third kappa shape index (κ3) is 8.47. The highest BCUT2D eigenvalue weighted by Gasteiger charge is 2.23. The topological polar surface area (TPSA) is 69.2 Å².